The van der Waals surface area contributed by atoms with Crippen molar-refractivity contribution in [2.24, 2.45) is 0 Å². The van der Waals surface area contributed by atoms with Crippen LogP contribution in [0.5, 0.6) is 0 Å². The Labute approximate surface area is 102 Å². The minimum atomic E-state index is 0.454. The lowest BCUT2D eigenvalue weighted by molar-refractivity contribution is 0.104. The maximum atomic E-state index is 5.62. The Morgan fingerprint density at radius 3 is 2.82 bits per heavy atom. The van der Waals surface area contributed by atoms with Gasteiger partial charge >= 0.3 is 0 Å². The monoisotopic (exact) mass is 235 g/mol. The summed E-state index contributed by atoms with van der Waals surface area (Å²) >= 11 is 0. The molecular formula is C13H21N3O. The van der Waals surface area contributed by atoms with E-state index < -0.39 is 0 Å². The van der Waals surface area contributed by atoms with Gasteiger partial charge in [0.1, 0.15) is 5.82 Å². The summed E-state index contributed by atoms with van der Waals surface area (Å²) < 4.78 is 5.62. The molecular weight excluding hydrogens is 214 g/mol. The van der Waals surface area contributed by atoms with E-state index in [2.05, 4.69) is 15.2 Å². The molecule has 2 heterocycles. The first kappa shape index (κ1) is 11.2. The maximum absolute atomic E-state index is 5.62. The number of ether oxygens (including phenoxy) is 1. The molecule has 4 heteroatoms. The van der Waals surface area contributed by atoms with Crippen molar-refractivity contribution >= 4 is 0 Å². The summed E-state index contributed by atoms with van der Waals surface area (Å²) in [6.45, 7) is 0.939. The van der Waals surface area contributed by atoms with Crippen LogP contribution in [-0.4, -0.2) is 27.9 Å². The SMILES string of the molecule is C1COC(CCc2nc(C3CCCC3)n[nH]2)C1. The third-order valence-corrected chi connectivity index (χ3v) is 4.00. The fraction of sp³-hybridized carbons (Fsp3) is 0.846. The van der Waals surface area contributed by atoms with Crippen LogP contribution in [0, 0.1) is 0 Å². The van der Waals surface area contributed by atoms with Crippen molar-refractivity contribution in [2.75, 3.05) is 6.61 Å². The third kappa shape index (κ3) is 2.68. The summed E-state index contributed by atoms with van der Waals surface area (Å²) in [5.41, 5.74) is 0. The molecule has 1 aliphatic heterocycles. The van der Waals surface area contributed by atoms with E-state index in [1.807, 2.05) is 0 Å². The van der Waals surface area contributed by atoms with Gasteiger partial charge < -0.3 is 4.74 Å². The number of H-pyrrole nitrogens is 1. The Bertz CT molecular complexity index is 351. The van der Waals surface area contributed by atoms with Gasteiger partial charge in [0.2, 0.25) is 0 Å². The van der Waals surface area contributed by atoms with Gasteiger partial charge in [0, 0.05) is 18.9 Å². The number of nitrogens with zero attached hydrogens (tertiary/aromatic N) is 2. The van der Waals surface area contributed by atoms with E-state index in [1.54, 1.807) is 0 Å². The second-order valence-corrected chi connectivity index (χ2v) is 5.30. The van der Waals surface area contributed by atoms with Crippen LogP contribution in [0.2, 0.25) is 0 Å². The topological polar surface area (TPSA) is 50.8 Å². The zero-order valence-corrected chi connectivity index (χ0v) is 10.3. The number of aryl methyl sites for hydroxylation is 1. The number of hydrogen-bond donors (Lipinski definition) is 1. The Balaban J connectivity index is 1.52. The average Bonchev–Trinajstić information content (AvgIpc) is 3.09. The molecule has 3 rings (SSSR count). The largest absolute Gasteiger partial charge is 0.378 e. The smallest absolute Gasteiger partial charge is 0.153 e. The summed E-state index contributed by atoms with van der Waals surface area (Å²) in [7, 11) is 0. The minimum absolute atomic E-state index is 0.454. The van der Waals surface area contributed by atoms with Gasteiger partial charge in [-0.3, -0.25) is 5.10 Å². The molecule has 1 aliphatic carbocycles. The molecule has 0 radical (unpaired) electrons. The highest BCUT2D eigenvalue weighted by atomic mass is 16.5. The zero-order chi connectivity index (χ0) is 11.5. The fourth-order valence-corrected chi connectivity index (χ4v) is 2.96. The second-order valence-electron chi connectivity index (χ2n) is 5.30. The maximum Gasteiger partial charge on any atom is 0.153 e. The van der Waals surface area contributed by atoms with Crippen molar-refractivity contribution in [1.29, 1.82) is 0 Å². The molecule has 1 aromatic heterocycles. The lowest BCUT2D eigenvalue weighted by Gasteiger charge is -2.06. The quantitative estimate of drug-likeness (QED) is 0.872. The van der Waals surface area contributed by atoms with Crippen LogP contribution < -0.4 is 0 Å². The first-order valence-electron chi connectivity index (χ1n) is 6.94. The molecule has 0 aromatic carbocycles. The highest BCUT2D eigenvalue weighted by molar-refractivity contribution is 5.00. The van der Waals surface area contributed by atoms with Gasteiger partial charge in [-0.15, -0.1) is 0 Å². The van der Waals surface area contributed by atoms with E-state index in [4.69, 9.17) is 4.74 Å². The van der Waals surface area contributed by atoms with Gasteiger partial charge in [-0.05, 0) is 32.1 Å². The van der Waals surface area contributed by atoms with Crippen LogP contribution in [-0.2, 0) is 11.2 Å². The Morgan fingerprint density at radius 1 is 1.18 bits per heavy atom. The molecule has 1 unspecified atom stereocenters. The summed E-state index contributed by atoms with van der Waals surface area (Å²) in [4.78, 5) is 4.63. The van der Waals surface area contributed by atoms with Crippen LogP contribution in [0.25, 0.3) is 0 Å². The van der Waals surface area contributed by atoms with E-state index in [0.717, 1.165) is 31.1 Å². The Hall–Kier alpha value is -0.900. The number of hydrogen-bond acceptors (Lipinski definition) is 3. The number of rotatable bonds is 4. The Morgan fingerprint density at radius 2 is 2.06 bits per heavy atom. The molecule has 1 atom stereocenters. The molecule has 4 nitrogen and oxygen atoms in total. The Kier molecular flexibility index (Phi) is 3.41. The average molecular weight is 235 g/mol. The van der Waals surface area contributed by atoms with Gasteiger partial charge in [-0.2, -0.15) is 5.10 Å². The molecule has 1 aromatic rings. The van der Waals surface area contributed by atoms with E-state index in [-0.39, 0.29) is 0 Å². The second kappa shape index (κ2) is 5.17. The zero-order valence-electron chi connectivity index (χ0n) is 10.3. The summed E-state index contributed by atoms with van der Waals surface area (Å²) in [6.07, 6.45) is 10.2. The molecule has 17 heavy (non-hydrogen) atoms. The molecule has 1 saturated heterocycles. The summed E-state index contributed by atoms with van der Waals surface area (Å²) in [5.74, 6) is 2.70. The van der Waals surface area contributed by atoms with Gasteiger partial charge in [0.05, 0.1) is 6.10 Å². The predicted octanol–water partition coefficient (Wildman–Crippen LogP) is 2.57. The minimum Gasteiger partial charge on any atom is -0.378 e. The van der Waals surface area contributed by atoms with E-state index in [1.165, 1.54) is 38.5 Å². The van der Waals surface area contributed by atoms with Crippen molar-refractivity contribution in [1.82, 2.24) is 15.2 Å². The lowest BCUT2D eigenvalue weighted by atomic mass is 10.1. The molecule has 0 amide bonds. The highest BCUT2D eigenvalue weighted by Crippen LogP contribution is 2.31. The molecule has 2 aliphatic rings. The van der Waals surface area contributed by atoms with Crippen LogP contribution >= 0.6 is 0 Å². The van der Waals surface area contributed by atoms with Crippen molar-refractivity contribution in [3.63, 3.8) is 0 Å². The molecule has 1 N–H and O–H groups in total. The summed E-state index contributed by atoms with van der Waals surface area (Å²) in [6, 6.07) is 0. The first-order chi connectivity index (χ1) is 8.42. The van der Waals surface area contributed by atoms with Gasteiger partial charge in [0.15, 0.2) is 5.82 Å². The van der Waals surface area contributed by atoms with Crippen molar-refractivity contribution in [3.8, 4) is 0 Å². The van der Waals surface area contributed by atoms with Crippen molar-refractivity contribution < 1.29 is 4.74 Å². The third-order valence-electron chi connectivity index (χ3n) is 4.00. The van der Waals surface area contributed by atoms with E-state index >= 15 is 0 Å². The van der Waals surface area contributed by atoms with Crippen molar-refractivity contribution in [3.05, 3.63) is 11.6 Å². The van der Waals surface area contributed by atoms with Crippen molar-refractivity contribution in [2.45, 2.75) is 63.4 Å². The molecule has 0 spiro atoms. The van der Waals surface area contributed by atoms with Gasteiger partial charge in [-0.1, -0.05) is 12.8 Å². The normalized spacial score (nSPS) is 25.8. The standard InChI is InChI=1S/C13H21N3O/c1-2-5-10(4-1)13-14-12(15-16-13)8-7-11-6-3-9-17-11/h10-11H,1-9H2,(H,14,15,16). The molecule has 2 fully saturated rings. The number of aromatic amines is 1. The predicted molar refractivity (Wildman–Crippen MR) is 64.9 cm³/mol. The van der Waals surface area contributed by atoms with Crippen LogP contribution in [0.1, 0.15) is 62.5 Å². The van der Waals surface area contributed by atoms with Gasteiger partial charge in [0.25, 0.3) is 0 Å². The fourth-order valence-electron chi connectivity index (χ4n) is 2.96. The summed E-state index contributed by atoms with van der Waals surface area (Å²) in [5, 5.41) is 7.46. The van der Waals surface area contributed by atoms with Gasteiger partial charge in [-0.25, -0.2) is 4.98 Å². The van der Waals surface area contributed by atoms with Crippen LogP contribution in [0.3, 0.4) is 0 Å². The van der Waals surface area contributed by atoms with Crippen LogP contribution in [0.15, 0.2) is 0 Å². The first-order valence-corrected chi connectivity index (χ1v) is 6.94. The lowest BCUT2D eigenvalue weighted by Crippen LogP contribution is -2.06. The molecule has 1 saturated carbocycles. The van der Waals surface area contributed by atoms with E-state index in [0.29, 0.717) is 12.0 Å². The van der Waals surface area contributed by atoms with Crippen LogP contribution in [0.4, 0.5) is 0 Å². The van der Waals surface area contributed by atoms with E-state index in [9.17, 15) is 0 Å². The molecule has 94 valence electrons. The molecule has 0 bridgehead atoms. The highest BCUT2D eigenvalue weighted by Gasteiger charge is 2.21. The number of aromatic nitrogens is 3. The number of nitrogens with one attached hydrogen (secondary N) is 1.